The highest BCUT2D eigenvalue weighted by molar-refractivity contribution is 9.10. The number of aromatic nitrogens is 1. The number of hydrogen-bond acceptors (Lipinski definition) is 3. The van der Waals surface area contributed by atoms with Gasteiger partial charge < -0.3 is 10.3 Å². The highest BCUT2D eigenvalue weighted by Crippen LogP contribution is 2.30. The average Bonchev–Trinajstić information content (AvgIpc) is 2.93. The molecule has 6 nitrogen and oxygen atoms in total. The van der Waals surface area contributed by atoms with E-state index in [0.29, 0.717) is 34.7 Å². The highest BCUT2D eigenvalue weighted by Gasteiger charge is 2.33. The Morgan fingerprint density at radius 2 is 1.93 bits per heavy atom. The quantitative estimate of drug-likeness (QED) is 0.700. The van der Waals surface area contributed by atoms with Gasteiger partial charge in [0.1, 0.15) is 16.4 Å². The van der Waals surface area contributed by atoms with E-state index in [9.17, 15) is 17.6 Å². The summed E-state index contributed by atoms with van der Waals surface area (Å²) in [6, 6.07) is 4.30. The third-order valence-corrected chi connectivity index (χ3v) is 7.78. The van der Waals surface area contributed by atoms with E-state index in [0.717, 1.165) is 12.8 Å². The van der Waals surface area contributed by atoms with Gasteiger partial charge in [-0.15, -0.1) is 0 Å². The minimum absolute atomic E-state index is 0.0225. The van der Waals surface area contributed by atoms with Crippen LogP contribution in [0.2, 0.25) is 0 Å². The van der Waals surface area contributed by atoms with E-state index in [1.165, 1.54) is 16.4 Å². The van der Waals surface area contributed by atoms with Gasteiger partial charge in [0.15, 0.2) is 0 Å². The molecule has 9 heteroatoms. The Balaban J connectivity index is 1.90. The number of halogens is 2. The molecule has 28 heavy (non-hydrogen) atoms. The molecule has 0 saturated carbocycles. The van der Waals surface area contributed by atoms with Crippen LogP contribution < -0.4 is 5.32 Å². The molecule has 0 spiro atoms. The maximum absolute atomic E-state index is 14.0. The van der Waals surface area contributed by atoms with Crippen molar-refractivity contribution in [2.45, 2.75) is 38.5 Å². The summed E-state index contributed by atoms with van der Waals surface area (Å²) in [5, 5.41) is 2.50. The molecular formula is C19H23BrFN3O3S. The number of benzene rings is 1. The Kier molecular flexibility index (Phi) is 5.97. The first-order valence-corrected chi connectivity index (χ1v) is 11.3. The second kappa shape index (κ2) is 7.96. The van der Waals surface area contributed by atoms with E-state index in [4.69, 9.17) is 0 Å². The molecule has 1 fully saturated rings. The number of carbonyl (C=O) groups excluding carboxylic acids is 1. The van der Waals surface area contributed by atoms with E-state index in [-0.39, 0.29) is 16.3 Å². The summed E-state index contributed by atoms with van der Waals surface area (Å²) in [6.07, 6.45) is 1.63. The molecule has 2 N–H and O–H groups in total. The van der Waals surface area contributed by atoms with Crippen LogP contribution in [0.25, 0.3) is 0 Å². The fraction of sp³-hybridized carbons (Fsp3) is 0.421. The van der Waals surface area contributed by atoms with Gasteiger partial charge in [0, 0.05) is 23.3 Å². The number of amides is 1. The topological polar surface area (TPSA) is 82.3 Å². The van der Waals surface area contributed by atoms with Crippen LogP contribution >= 0.6 is 15.9 Å². The zero-order valence-electron chi connectivity index (χ0n) is 16.0. The predicted molar refractivity (Wildman–Crippen MR) is 109 cm³/mol. The molecule has 0 unspecified atom stereocenters. The number of piperidine rings is 1. The Bertz CT molecular complexity index is 1010. The van der Waals surface area contributed by atoms with Crippen molar-refractivity contribution < 1.29 is 17.6 Å². The summed E-state index contributed by atoms with van der Waals surface area (Å²) in [4.78, 5) is 15.7. The molecule has 3 rings (SSSR count). The number of aromatic amines is 1. The van der Waals surface area contributed by atoms with Crippen LogP contribution in [-0.2, 0) is 10.0 Å². The van der Waals surface area contributed by atoms with Gasteiger partial charge in [-0.1, -0.05) is 22.9 Å². The third-order valence-electron chi connectivity index (χ3n) is 5.12. The molecule has 2 aromatic rings. The Morgan fingerprint density at radius 1 is 1.29 bits per heavy atom. The number of carbonyl (C=O) groups is 1. The van der Waals surface area contributed by atoms with E-state index < -0.39 is 21.7 Å². The number of nitrogens with one attached hydrogen (secondary N) is 2. The van der Waals surface area contributed by atoms with Crippen molar-refractivity contribution in [3.63, 3.8) is 0 Å². The highest BCUT2D eigenvalue weighted by atomic mass is 79.9. The second-order valence-corrected chi connectivity index (χ2v) is 10.0. The van der Waals surface area contributed by atoms with Crippen LogP contribution in [0.15, 0.2) is 27.6 Å². The molecule has 0 bridgehead atoms. The molecule has 1 saturated heterocycles. The first-order chi connectivity index (χ1) is 13.1. The molecule has 1 aliphatic rings. The number of nitrogens with zero attached hydrogens (tertiary/aromatic N) is 1. The molecule has 1 amide bonds. The van der Waals surface area contributed by atoms with Crippen molar-refractivity contribution in [3.05, 3.63) is 45.4 Å². The largest absolute Gasteiger partial charge is 0.353 e. The summed E-state index contributed by atoms with van der Waals surface area (Å²) >= 11 is 3.16. The SMILES string of the molecule is Cc1[nH]c(C(=O)Nc2ccc(Br)cc2F)c(C)c1S(=O)(=O)N1CCC(C)CC1. The number of aryl methyl sites for hydroxylation is 1. The number of hydrogen-bond donors (Lipinski definition) is 2. The standard InChI is InChI=1S/C19H23BrFN3O3S/c1-11-6-8-24(9-7-11)28(26,27)18-12(2)17(22-13(18)3)19(25)23-16-5-4-14(20)10-15(16)21/h4-5,10-11,22H,6-9H2,1-3H3,(H,23,25). The minimum Gasteiger partial charge on any atom is -0.353 e. The van der Waals surface area contributed by atoms with Crippen LogP contribution in [0.5, 0.6) is 0 Å². The summed E-state index contributed by atoms with van der Waals surface area (Å²) in [7, 11) is -3.70. The van der Waals surface area contributed by atoms with E-state index in [2.05, 4.69) is 33.2 Å². The molecule has 0 atom stereocenters. The van der Waals surface area contributed by atoms with E-state index in [1.807, 2.05) is 0 Å². The van der Waals surface area contributed by atoms with E-state index >= 15 is 0 Å². The normalized spacial score (nSPS) is 16.3. The third kappa shape index (κ3) is 4.01. The van der Waals surface area contributed by atoms with Gasteiger partial charge in [0.05, 0.1) is 5.69 Å². The second-order valence-electron chi connectivity index (χ2n) is 7.24. The van der Waals surface area contributed by atoms with Crippen molar-refractivity contribution in [1.82, 2.24) is 9.29 Å². The van der Waals surface area contributed by atoms with Crippen LogP contribution in [-0.4, -0.2) is 36.7 Å². The lowest BCUT2D eigenvalue weighted by Crippen LogP contribution is -2.38. The van der Waals surface area contributed by atoms with E-state index in [1.54, 1.807) is 19.9 Å². The van der Waals surface area contributed by atoms with Crippen LogP contribution in [0, 0.1) is 25.6 Å². The van der Waals surface area contributed by atoms with Crippen LogP contribution in [0.1, 0.15) is 41.5 Å². The first-order valence-electron chi connectivity index (χ1n) is 9.07. The van der Waals surface area contributed by atoms with Crippen LogP contribution in [0.3, 0.4) is 0 Å². The molecule has 0 radical (unpaired) electrons. The summed E-state index contributed by atoms with van der Waals surface area (Å²) in [5.74, 6) is -0.670. The van der Waals surface area contributed by atoms with Gasteiger partial charge in [-0.3, -0.25) is 4.79 Å². The number of anilines is 1. The summed E-state index contributed by atoms with van der Waals surface area (Å²) in [5.41, 5.74) is 0.877. The molecular weight excluding hydrogens is 449 g/mol. The van der Waals surface area contributed by atoms with Crippen molar-refractivity contribution in [2.75, 3.05) is 18.4 Å². The van der Waals surface area contributed by atoms with Gasteiger partial charge >= 0.3 is 0 Å². The van der Waals surface area contributed by atoms with Crippen molar-refractivity contribution >= 4 is 37.5 Å². The van der Waals surface area contributed by atoms with Gasteiger partial charge in [-0.25, -0.2) is 12.8 Å². The van der Waals surface area contributed by atoms with Gasteiger partial charge in [0.2, 0.25) is 10.0 Å². The molecule has 1 aromatic carbocycles. The van der Waals surface area contributed by atoms with Crippen LogP contribution in [0.4, 0.5) is 10.1 Å². The molecule has 152 valence electrons. The minimum atomic E-state index is -3.70. The zero-order chi connectivity index (χ0) is 20.6. The fourth-order valence-electron chi connectivity index (χ4n) is 3.48. The van der Waals surface area contributed by atoms with Gasteiger partial charge in [0.25, 0.3) is 5.91 Å². The fourth-order valence-corrected chi connectivity index (χ4v) is 5.69. The first kappa shape index (κ1) is 21.0. The summed E-state index contributed by atoms with van der Waals surface area (Å²) < 4.78 is 42.3. The number of rotatable bonds is 4. The zero-order valence-corrected chi connectivity index (χ0v) is 18.4. The smallest absolute Gasteiger partial charge is 0.272 e. The van der Waals surface area contributed by atoms with Gasteiger partial charge in [-0.05, 0) is 56.4 Å². The average molecular weight is 472 g/mol. The Labute approximate surface area is 172 Å². The maximum atomic E-state index is 14.0. The Hall–Kier alpha value is -1.71. The predicted octanol–water partition coefficient (Wildman–Crippen LogP) is 4.21. The molecule has 0 aliphatic carbocycles. The maximum Gasteiger partial charge on any atom is 0.272 e. The molecule has 1 aromatic heterocycles. The van der Waals surface area contributed by atoms with Crippen molar-refractivity contribution in [1.29, 1.82) is 0 Å². The number of H-pyrrole nitrogens is 1. The lowest BCUT2D eigenvalue weighted by Gasteiger charge is -2.29. The van der Waals surface area contributed by atoms with Crippen molar-refractivity contribution in [3.8, 4) is 0 Å². The summed E-state index contributed by atoms with van der Waals surface area (Å²) in [6.45, 7) is 6.28. The molecule has 1 aliphatic heterocycles. The van der Waals surface area contributed by atoms with Gasteiger partial charge in [-0.2, -0.15) is 4.31 Å². The molecule has 2 heterocycles. The number of sulfonamides is 1. The lowest BCUT2D eigenvalue weighted by atomic mass is 10.0. The van der Waals surface area contributed by atoms with Crippen molar-refractivity contribution in [2.24, 2.45) is 5.92 Å². The Morgan fingerprint density at radius 3 is 2.54 bits per heavy atom. The monoisotopic (exact) mass is 471 g/mol. The lowest BCUT2D eigenvalue weighted by molar-refractivity contribution is 0.102.